The maximum absolute atomic E-state index is 14.0. The van der Waals surface area contributed by atoms with Crippen molar-refractivity contribution in [3.05, 3.63) is 149 Å². The van der Waals surface area contributed by atoms with E-state index in [1.54, 1.807) is 30.3 Å². The predicted octanol–water partition coefficient (Wildman–Crippen LogP) is 8.58. The first-order valence-electron chi connectivity index (χ1n) is 23.2. The van der Waals surface area contributed by atoms with Gasteiger partial charge in [0.1, 0.15) is 5.75 Å². The summed E-state index contributed by atoms with van der Waals surface area (Å²) in [5, 5.41) is 45.6. The second kappa shape index (κ2) is 21.9. The Morgan fingerprint density at radius 2 is 0.944 bits per heavy atom. The van der Waals surface area contributed by atoms with E-state index in [9.17, 15) is 48.4 Å². The Labute approximate surface area is 411 Å². The van der Waals surface area contributed by atoms with Crippen LogP contribution in [-0.2, 0) is 38.7 Å². The van der Waals surface area contributed by atoms with Gasteiger partial charge in [0.25, 0.3) is 11.8 Å². The molecule has 2 aliphatic rings. The van der Waals surface area contributed by atoms with E-state index >= 15 is 0 Å². The summed E-state index contributed by atoms with van der Waals surface area (Å²) in [5.41, 5.74) is 2.78. The molecule has 0 spiro atoms. The minimum Gasteiger partial charge on any atom is -0.494 e. The highest BCUT2D eigenvalue weighted by molar-refractivity contribution is 5.99. The van der Waals surface area contributed by atoms with Crippen molar-refractivity contribution in [2.45, 2.75) is 52.1 Å². The summed E-state index contributed by atoms with van der Waals surface area (Å²) in [6.07, 6.45) is 0.552. The number of piperidine rings is 2. The quantitative estimate of drug-likeness (QED) is 0.0663. The van der Waals surface area contributed by atoms with Gasteiger partial charge < -0.3 is 34.2 Å². The minimum absolute atomic E-state index is 0.0596. The number of ether oxygens (including phenoxy) is 1. The van der Waals surface area contributed by atoms with Gasteiger partial charge in [-0.25, -0.2) is 8.78 Å². The van der Waals surface area contributed by atoms with Crippen LogP contribution in [0.2, 0.25) is 0 Å². The molecule has 0 aliphatic carbocycles. The predicted molar refractivity (Wildman–Crippen MR) is 255 cm³/mol. The van der Waals surface area contributed by atoms with Crippen molar-refractivity contribution in [2.75, 3.05) is 32.8 Å². The van der Waals surface area contributed by atoms with Crippen LogP contribution < -0.4 is 4.74 Å². The first kappa shape index (κ1) is 50.2. The fraction of sp³-hybridized carbons (Fsp3) is 0.283. The van der Waals surface area contributed by atoms with Crippen molar-refractivity contribution >= 4 is 23.9 Å². The zero-order chi connectivity index (χ0) is 51.0. The van der Waals surface area contributed by atoms with Crippen LogP contribution in [-0.4, -0.2) is 107 Å². The molecule has 4 N–H and O–H groups in total. The number of carbonyl (C=O) groups is 4. The molecule has 2 saturated heterocycles. The number of hydrogen-bond donors (Lipinski definition) is 4. The molecule has 0 atom stereocenters. The van der Waals surface area contributed by atoms with Gasteiger partial charge in [-0.15, -0.1) is 0 Å². The highest BCUT2D eigenvalue weighted by Crippen LogP contribution is 2.35. The number of likely N-dealkylation sites (tertiary alicyclic amines) is 2. The third-order valence-corrected chi connectivity index (χ3v) is 13.2. The molecule has 0 saturated carbocycles. The summed E-state index contributed by atoms with van der Waals surface area (Å²) in [6, 6.07) is 34.0. The van der Waals surface area contributed by atoms with Crippen LogP contribution in [0.25, 0.3) is 45.7 Å². The number of nitrogens with zero attached hydrogens (tertiary/aromatic N) is 6. The number of carboxylic acids is 4. The molecule has 9 rings (SSSR count). The molecule has 17 nitrogen and oxygen atoms in total. The minimum atomic E-state index is -1.71. The lowest BCUT2D eigenvalue weighted by Gasteiger charge is -2.36. The van der Waals surface area contributed by atoms with E-state index in [4.69, 9.17) is 13.8 Å². The maximum atomic E-state index is 14.0. The van der Waals surface area contributed by atoms with Crippen LogP contribution in [0.3, 0.4) is 0 Å². The standard InChI is InChI=1S/C29H25F2N3O5.C24H25N3O6/c30-23-3-1-2-22(24(23)31)16-18-4-10-21(11-5-18)26-32-25(33-39-26)20-8-6-19(7-9-20)17-34-14-12-29(13-15-34,27(35)36)28(37)38;1-2-32-19-9-7-18(8-10-19)21-25-20(26-33-21)17-5-3-16(4-6-17)15-27-13-11-24(12-14-27,22(28)29)23(30)31/h1-11H,12-17H2,(H,35,36)(H,37,38);3-10H,2,11-15H2,1H3,(H,28,29)(H,30,31). The van der Waals surface area contributed by atoms with E-state index in [0.29, 0.717) is 74.9 Å². The zero-order valence-electron chi connectivity index (χ0n) is 39.0. The van der Waals surface area contributed by atoms with Crippen LogP contribution in [0, 0.1) is 22.5 Å². The Bertz CT molecular complexity index is 2990. The second-order valence-corrected chi connectivity index (χ2v) is 17.7. The molecule has 0 radical (unpaired) electrons. The molecule has 19 heteroatoms. The van der Waals surface area contributed by atoms with Crippen molar-refractivity contribution in [2.24, 2.45) is 10.8 Å². The molecule has 2 aliphatic heterocycles. The van der Waals surface area contributed by atoms with Crippen LogP contribution in [0.5, 0.6) is 5.75 Å². The monoisotopic (exact) mass is 984 g/mol. The zero-order valence-corrected chi connectivity index (χ0v) is 39.0. The number of halogens is 2. The van der Waals surface area contributed by atoms with Crippen LogP contribution in [0.15, 0.2) is 124 Å². The highest BCUT2D eigenvalue weighted by Gasteiger charge is 2.49. The lowest BCUT2D eigenvalue weighted by atomic mass is 9.78. The molecule has 72 heavy (non-hydrogen) atoms. The van der Waals surface area contributed by atoms with Gasteiger partial charge >= 0.3 is 23.9 Å². The molecule has 0 bridgehead atoms. The fourth-order valence-corrected chi connectivity index (χ4v) is 8.71. The van der Waals surface area contributed by atoms with Crippen molar-refractivity contribution in [3.8, 4) is 51.4 Å². The van der Waals surface area contributed by atoms with E-state index < -0.39 is 46.3 Å². The van der Waals surface area contributed by atoms with E-state index in [-0.39, 0.29) is 37.7 Å². The molecule has 5 aromatic carbocycles. The fourth-order valence-electron chi connectivity index (χ4n) is 8.71. The molecule has 4 heterocycles. The lowest BCUT2D eigenvalue weighted by Crippen LogP contribution is -2.48. The average molecular weight is 985 g/mol. The molecule has 0 unspecified atom stereocenters. The van der Waals surface area contributed by atoms with Crippen molar-refractivity contribution in [1.82, 2.24) is 30.1 Å². The number of aromatic nitrogens is 4. The summed E-state index contributed by atoms with van der Waals surface area (Å²) < 4.78 is 43.7. The van der Waals surface area contributed by atoms with E-state index in [2.05, 4.69) is 25.2 Å². The van der Waals surface area contributed by atoms with Crippen LogP contribution in [0.1, 0.15) is 54.9 Å². The van der Waals surface area contributed by atoms with Crippen LogP contribution in [0.4, 0.5) is 8.78 Å². The molecular weight excluding hydrogens is 935 g/mol. The molecule has 0 amide bonds. The smallest absolute Gasteiger partial charge is 0.321 e. The van der Waals surface area contributed by atoms with Gasteiger partial charge in [-0.3, -0.25) is 29.0 Å². The van der Waals surface area contributed by atoms with E-state index in [1.165, 1.54) is 6.07 Å². The third-order valence-electron chi connectivity index (χ3n) is 13.2. The molecule has 372 valence electrons. The Balaban J connectivity index is 0.000000195. The number of hydrogen-bond acceptors (Lipinski definition) is 13. The van der Waals surface area contributed by atoms with E-state index in [0.717, 1.165) is 45.2 Å². The Kier molecular flexibility index (Phi) is 15.3. The summed E-state index contributed by atoms with van der Waals surface area (Å²) in [7, 11) is 0. The SMILES string of the molecule is CCOc1ccc(-c2nc(-c3ccc(CN4CCC(C(=O)O)(C(=O)O)CC4)cc3)no2)cc1.O=C(O)C1(C(=O)O)CCN(Cc2ccc(-c3noc(-c4ccc(Cc5cccc(F)c5F)cc4)n3)cc2)CC1. The van der Waals surface area contributed by atoms with Gasteiger partial charge in [0.2, 0.25) is 11.6 Å². The first-order valence-corrected chi connectivity index (χ1v) is 23.2. The van der Waals surface area contributed by atoms with Gasteiger partial charge in [0.05, 0.1) is 6.61 Å². The molecule has 7 aromatic rings. The summed E-state index contributed by atoms with van der Waals surface area (Å²) in [4.78, 5) is 59.0. The number of rotatable bonds is 16. The number of carboxylic acid groups (broad SMARTS) is 4. The Morgan fingerprint density at radius 3 is 1.35 bits per heavy atom. The highest BCUT2D eigenvalue weighted by atomic mass is 19.2. The third kappa shape index (κ3) is 11.2. The Morgan fingerprint density at radius 1 is 0.556 bits per heavy atom. The largest absolute Gasteiger partial charge is 0.494 e. The Hall–Kier alpha value is -8.16. The van der Waals surface area contributed by atoms with Crippen molar-refractivity contribution < 1.29 is 62.2 Å². The van der Waals surface area contributed by atoms with Gasteiger partial charge in [-0.2, -0.15) is 9.97 Å². The van der Waals surface area contributed by atoms with Gasteiger partial charge in [-0.05, 0) is 97.3 Å². The van der Waals surface area contributed by atoms with Crippen molar-refractivity contribution in [1.29, 1.82) is 0 Å². The molecule has 2 aromatic heterocycles. The van der Waals surface area contributed by atoms with Gasteiger partial charge in [0, 0.05) is 67.9 Å². The summed E-state index contributed by atoms with van der Waals surface area (Å²) in [5.74, 6) is -4.38. The van der Waals surface area contributed by atoms with Crippen LogP contribution >= 0.6 is 0 Å². The maximum Gasteiger partial charge on any atom is 0.321 e. The molecule has 2 fully saturated rings. The number of aliphatic carboxylic acids is 4. The average Bonchev–Trinajstić information content (AvgIpc) is 4.09. The lowest BCUT2D eigenvalue weighted by molar-refractivity contribution is -0.170. The topological polar surface area (TPSA) is 243 Å². The number of benzene rings is 5. The van der Waals surface area contributed by atoms with Gasteiger partial charge in [0.15, 0.2) is 22.5 Å². The van der Waals surface area contributed by atoms with Crippen molar-refractivity contribution in [3.63, 3.8) is 0 Å². The second-order valence-electron chi connectivity index (χ2n) is 17.7. The van der Waals surface area contributed by atoms with Gasteiger partial charge in [-0.1, -0.05) is 83.1 Å². The van der Waals surface area contributed by atoms with E-state index in [1.807, 2.05) is 84.6 Å². The normalized spacial score (nSPS) is 15.5. The molecular formula is C53H50F2N6O11. The summed E-state index contributed by atoms with van der Waals surface area (Å²) >= 11 is 0. The summed E-state index contributed by atoms with van der Waals surface area (Å²) in [6.45, 7) is 5.29. The first-order chi connectivity index (χ1) is 34.7.